The molecule has 0 aliphatic heterocycles. The van der Waals surface area contributed by atoms with E-state index in [1.54, 1.807) is 30.3 Å². The summed E-state index contributed by atoms with van der Waals surface area (Å²) in [5.41, 5.74) is 5.37. The molecule has 0 bridgehead atoms. The molecular weight excluding hydrogens is 264 g/mol. The fourth-order valence-corrected chi connectivity index (χ4v) is 1.66. The summed E-state index contributed by atoms with van der Waals surface area (Å²) < 4.78 is 0. The number of nitro groups is 2. The van der Waals surface area contributed by atoms with Gasteiger partial charge in [-0.05, 0) is 12.1 Å². The zero-order chi connectivity index (χ0) is 14.7. The van der Waals surface area contributed by atoms with E-state index < -0.39 is 21.2 Å². The predicted octanol–water partition coefficient (Wildman–Crippen LogP) is 2.83. The van der Waals surface area contributed by atoms with Crippen molar-refractivity contribution in [1.82, 2.24) is 0 Å². The first-order chi connectivity index (χ1) is 9.49. The van der Waals surface area contributed by atoms with E-state index in [0.29, 0.717) is 5.69 Å². The third-order valence-corrected chi connectivity index (χ3v) is 2.60. The van der Waals surface area contributed by atoms with Crippen LogP contribution in [0.15, 0.2) is 42.5 Å². The molecule has 0 spiro atoms. The molecule has 0 fully saturated rings. The molecular formula is C12H10N4O4. The number of hydrogen-bond acceptors (Lipinski definition) is 6. The number of nitrogens with two attached hydrogens (primary N) is 1. The number of benzene rings is 2. The summed E-state index contributed by atoms with van der Waals surface area (Å²) in [5, 5.41) is 24.5. The van der Waals surface area contributed by atoms with Crippen molar-refractivity contribution in [2.75, 3.05) is 11.1 Å². The van der Waals surface area contributed by atoms with Crippen molar-refractivity contribution in [1.29, 1.82) is 0 Å². The molecule has 0 radical (unpaired) electrons. The lowest BCUT2D eigenvalue weighted by molar-refractivity contribution is -0.393. The van der Waals surface area contributed by atoms with Crippen LogP contribution in [0, 0.1) is 20.2 Å². The van der Waals surface area contributed by atoms with Gasteiger partial charge in [0.1, 0.15) is 5.69 Å². The van der Waals surface area contributed by atoms with Crippen LogP contribution in [0.3, 0.4) is 0 Å². The lowest BCUT2D eigenvalue weighted by Crippen LogP contribution is -2.02. The second kappa shape index (κ2) is 5.22. The Balaban J connectivity index is 2.51. The van der Waals surface area contributed by atoms with Crippen LogP contribution >= 0.6 is 0 Å². The first-order valence-electron chi connectivity index (χ1n) is 5.53. The number of nitro benzene ring substituents is 2. The second-order valence-electron chi connectivity index (χ2n) is 3.93. The van der Waals surface area contributed by atoms with Crippen LogP contribution in [0.2, 0.25) is 0 Å². The Labute approximate surface area is 113 Å². The van der Waals surface area contributed by atoms with Crippen molar-refractivity contribution in [3.63, 3.8) is 0 Å². The van der Waals surface area contributed by atoms with Crippen LogP contribution in [0.5, 0.6) is 0 Å². The number of para-hydroxylation sites is 1. The molecule has 0 aromatic heterocycles. The van der Waals surface area contributed by atoms with Gasteiger partial charge in [-0.3, -0.25) is 20.2 Å². The molecule has 0 aliphatic rings. The molecule has 0 aliphatic carbocycles. The van der Waals surface area contributed by atoms with Crippen LogP contribution in [0.25, 0.3) is 0 Å². The molecule has 20 heavy (non-hydrogen) atoms. The minimum atomic E-state index is -0.751. The topological polar surface area (TPSA) is 124 Å². The van der Waals surface area contributed by atoms with Gasteiger partial charge < -0.3 is 11.1 Å². The number of rotatable bonds is 4. The van der Waals surface area contributed by atoms with Crippen LogP contribution in [0.1, 0.15) is 0 Å². The van der Waals surface area contributed by atoms with Gasteiger partial charge in [0.2, 0.25) is 0 Å². The Morgan fingerprint density at radius 1 is 1.00 bits per heavy atom. The van der Waals surface area contributed by atoms with Crippen LogP contribution in [0.4, 0.5) is 28.4 Å². The quantitative estimate of drug-likeness (QED) is 0.501. The van der Waals surface area contributed by atoms with Gasteiger partial charge in [0.25, 0.3) is 5.69 Å². The Morgan fingerprint density at radius 2 is 1.65 bits per heavy atom. The number of anilines is 3. The predicted molar refractivity (Wildman–Crippen MR) is 73.9 cm³/mol. The molecule has 0 heterocycles. The first kappa shape index (κ1) is 13.3. The number of nitrogens with one attached hydrogen (secondary N) is 1. The van der Waals surface area contributed by atoms with Gasteiger partial charge in [-0.1, -0.05) is 18.2 Å². The summed E-state index contributed by atoms with van der Waals surface area (Å²) in [7, 11) is 0. The summed E-state index contributed by atoms with van der Waals surface area (Å²) in [6.45, 7) is 0. The van der Waals surface area contributed by atoms with E-state index >= 15 is 0 Å². The van der Waals surface area contributed by atoms with E-state index in [2.05, 4.69) is 5.32 Å². The Bertz CT molecular complexity index is 673. The van der Waals surface area contributed by atoms with Crippen molar-refractivity contribution in [2.24, 2.45) is 0 Å². The minimum absolute atomic E-state index is 0.122. The summed E-state index contributed by atoms with van der Waals surface area (Å²) in [5.74, 6) is 0. The maximum Gasteiger partial charge on any atom is 0.301 e. The minimum Gasteiger partial charge on any atom is -0.391 e. The molecule has 102 valence electrons. The molecule has 0 atom stereocenters. The summed E-state index contributed by atoms with van der Waals surface area (Å²) in [4.78, 5) is 20.2. The largest absolute Gasteiger partial charge is 0.391 e. The lowest BCUT2D eigenvalue weighted by Gasteiger charge is -2.09. The Morgan fingerprint density at radius 3 is 2.20 bits per heavy atom. The highest BCUT2D eigenvalue weighted by Gasteiger charge is 2.22. The number of non-ortho nitro benzene ring substituents is 1. The van der Waals surface area contributed by atoms with Crippen molar-refractivity contribution in [3.05, 3.63) is 62.7 Å². The molecule has 2 rings (SSSR count). The monoisotopic (exact) mass is 274 g/mol. The highest BCUT2D eigenvalue weighted by atomic mass is 16.6. The van der Waals surface area contributed by atoms with Crippen molar-refractivity contribution in [3.8, 4) is 0 Å². The Hall–Kier alpha value is -3.16. The zero-order valence-corrected chi connectivity index (χ0v) is 10.1. The van der Waals surface area contributed by atoms with Gasteiger partial charge in [0.05, 0.1) is 21.6 Å². The van der Waals surface area contributed by atoms with Crippen molar-refractivity contribution in [2.45, 2.75) is 0 Å². The molecule has 0 unspecified atom stereocenters. The van der Waals surface area contributed by atoms with Gasteiger partial charge >= 0.3 is 5.69 Å². The first-order valence-corrected chi connectivity index (χ1v) is 5.53. The molecule has 3 N–H and O–H groups in total. The van der Waals surface area contributed by atoms with Crippen LogP contribution in [-0.2, 0) is 0 Å². The average Bonchev–Trinajstić information content (AvgIpc) is 2.41. The average molecular weight is 274 g/mol. The normalized spacial score (nSPS) is 10.0. The third-order valence-electron chi connectivity index (χ3n) is 2.60. The smallest absolute Gasteiger partial charge is 0.301 e. The Kier molecular flexibility index (Phi) is 3.47. The molecule has 2 aromatic rings. The summed E-state index contributed by atoms with van der Waals surface area (Å²) in [6.07, 6.45) is 0. The summed E-state index contributed by atoms with van der Waals surface area (Å²) in [6, 6.07) is 10.7. The highest BCUT2D eigenvalue weighted by molar-refractivity contribution is 5.82. The summed E-state index contributed by atoms with van der Waals surface area (Å²) >= 11 is 0. The zero-order valence-electron chi connectivity index (χ0n) is 10.1. The molecule has 0 saturated heterocycles. The van der Waals surface area contributed by atoms with Gasteiger partial charge in [-0.25, -0.2) is 0 Å². The molecule has 2 aromatic carbocycles. The fourth-order valence-electron chi connectivity index (χ4n) is 1.66. The maximum atomic E-state index is 10.9. The van der Waals surface area contributed by atoms with E-state index in [9.17, 15) is 20.2 Å². The van der Waals surface area contributed by atoms with E-state index in [1.165, 1.54) is 0 Å². The number of nitrogen functional groups attached to an aromatic ring is 1. The van der Waals surface area contributed by atoms with E-state index in [0.717, 1.165) is 12.1 Å². The molecule has 0 saturated carbocycles. The number of nitrogens with zero attached hydrogens (tertiary/aromatic N) is 2. The van der Waals surface area contributed by atoms with Crippen LogP contribution in [-0.4, -0.2) is 9.85 Å². The van der Waals surface area contributed by atoms with E-state index in [1.807, 2.05) is 0 Å². The van der Waals surface area contributed by atoms with Gasteiger partial charge in [0, 0.05) is 11.8 Å². The fraction of sp³-hybridized carbons (Fsp3) is 0. The highest BCUT2D eigenvalue weighted by Crippen LogP contribution is 2.35. The van der Waals surface area contributed by atoms with Crippen LogP contribution < -0.4 is 11.1 Å². The second-order valence-corrected chi connectivity index (χ2v) is 3.93. The lowest BCUT2D eigenvalue weighted by atomic mass is 10.2. The van der Waals surface area contributed by atoms with Crippen molar-refractivity contribution >= 4 is 28.4 Å². The molecule has 8 heteroatoms. The molecule has 8 nitrogen and oxygen atoms in total. The SMILES string of the molecule is Nc1c(Nc2ccccc2)cc([N+](=O)[O-])cc1[N+](=O)[O-]. The van der Waals surface area contributed by atoms with Gasteiger partial charge in [0.15, 0.2) is 0 Å². The van der Waals surface area contributed by atoms with Gasteiger partial charge in [-0.15, -0.1) is 0 Å². The molecule has 0 amide bonds. The third kappa shape index (κ3) is 2.64. The standard InChI is InChI=1S/C12H10N4O4/c13-12-10(14-8-4-2-1-3-5-8)6-9(15(17)18)7-11(12)16(19)20/h1-7,14H,13H2. The van der Waals surface area contributed by atoms with Crippen molar-refractivity contribution < 1.29 is 9.85 Å². The van der Waals surface area contributed by atoms with Gasteiger partial charge in [-0.2, -0.15) is 0 Å². The number of hydrogen-bond donors (Lipinski definition) is 2. The van der Waals surface area contributed by atoms with E-state index in [-0.39, 0.29) is 11.4 Å². The van der Waals surface area contributed by atoms with E-state index in [4.69, 9.17) is 5.73 Å². The maximum absolute atomic E-state index is 10.9.